The number of ketones is 1. The van der Waals surface area contributed by atoms with Gasteiger partial charge in [0.05, 0.1) is 17.1 Å². The standard InChI is InChI=1S/C16H18NO3S3.ClH/c1-19-13-4-2-3-12(9-13)14(18)11-21-16-10-15(22-23-16)17-5-7-20-8-6-17;/h2-4,9-10H,5-8,11H2,1H3;1H/q+1;/p-1. The van der Waals surface area contributed by atoms with Gasteiger partial charge in [-0.25, -0.2) is 4.58 Å². The van der Waals surface area contributed by atoms with Crippen LogP contribution in [0.5, 0.6) is 5.75 Å². The van der Waals surface area contributed by atoms with E-state index in [-0.39, 0.29) is 18.2 Å². The van der Waals surface area contributed by atoms with Crippen LogP contribution in [0.1, 0.15) is 10.4 Å². The van der Waals surface area contributed by atoms with E-state index in [1.165, 1.54) is 8.88 Å². The minimum absolute atomic E-state index is 0. The number of rotatable bonds is 5. The molecule has 2 aromatic rings. The van der Waals surface area contributed by atoms with Gasteiger partial charge in [0.15, 0.2) is 18.9 Å². The molecule has 1 aromatic heterocycles. The van der Waals surface area contributed by atoms with Crippen LogP contribution in [0.15, 0.2) is 34.5 Å². The number of Topliss-reactive ketones (excluding diaryl/α,β-unsaturated/α-hetero) is 1. The summed E-state index contributed by atoms with van der Waals surface area (Å²) in [5.41, 5.74) is 0.700. The third-order valence-electron chi connectivity index (χ3n) is 3.51. The van der Waals surface area contributed by atoms with Gasteiger partial charge >= 0.3 is 0 Å². The monoisotopic (exact) mass is 403 g/mol. The maximum absolute atomic E-state index is 12.3. The second-order valence-electron chi connectivity index (χ2n) is 5.01. The number of carbonyl (C=O) groups is 1. The predicted molar refractivity (Wildman–Crippen MR) is 96.1 cm³/mol. The van der Waals surface area contributed by atoms with Gasteiger partial charge in [-0.2, -0.15) is 0 Å². The van der Waals surface area contributed by atoms with Gasteiger partial charge in [0.2, 0.25) is 0 Å². The molecule has 0 N–H and O–H groups in total. The van der Waals surface area contributed by atoms with Crippen molar-refractivity contribution in [3.05, 3.63) is 40.6 Å². The largest absolute Gasteiger partial charge is 1.00 e. The number of morpholine rings is 1. The highest BCUT2D eigenvalue weighted by atomic mass is 35.5. The van der Waals surface area contributed by atoms with Crippen LogP contribution in [0.4, 0.5) is 0 Å². The van der Waals surface area contributed by atoms with Crippen LogP contribution in [0, 0.1) is 0 Å². The maximum atomic E-state index is 12.3. The van der Waals surface area contributed by atoms with Crippen LogP contribution < -0.4 is 26.4 Å². The molecular formula is C16H18ClNO3S3. The van der Waals surface area contributed by atoms with E-state index in [2.05, 4.69) is 10.6 Å². The Labute approximate surface area is 158 Å². The highest BCUT2D eigenvalue weighted by Crippen LogP contribution is 2.25. The zero-order valence-electron chi connectivity index (χ0n) is 13.2. The normalized spacial score (nSPS) is 14.1. The van der Waals surface area contributed by atoms with E-state index in [0.29, 0.717) is 17.1 Å². The molecular weight excluding hydrogens is 386 g/mol. The molecule has 1 aromatic carbocycles. The van der Waals surface area contributed by atoms with E-state index < -0.39 is 0 Å². The Morgan fingerprint density at radius 3 is 2.83 bits per heavy atom. The summed E-state index contributed by atoms with van der Waals surface area (Å²) in [6.45, 7) is 3.47. The van der Waals surface area contributed by atoms with Crippen molar-refractivity contribution >= 4 is 38.2 Å². The lowest BCUT2D eigenvalue weighted by Gasteiger charge is -2.09. The topological polar surface area (TPSA) is 38.5 Å². The fourth-order valence-corrected chi connectivity index (χ4v) is 6.02. The molecule has 0 unspecified atom stereocenters. The summed E-state index contributed by atoms with van der Waals surface area (Å²) in [6, 6.07) is 9.50. The molecule has 3 rings (SSSR count). The molecule has 0 atom stereocenters. The molecule has 0 amide bonds. The summed E-state index contributed by atoms with van der Waals surface area (Å²) in [6.07, 6.45) is 0. The minimum Gasteiger partial charge on any atom is -1.00 e. The zero-order chi connectivity index (χ0) is 16.1. The summed E-state index contributed by atoms with van der Waals surface area (Å²) in [5.74, 6) is 1.29. The Bertz CT molecular complexity index is 749. The average Bonchev–Trinajstić information content (AvgIpc) is 3.09. The van der Waals surface area contributed by atoms with Crippen LogP contribution in [0.3, 0.4) is 0 Å². The van der Waals surface area contributed by atoms with Gasteiger partial charge in [-0.15, -0.1) is 11.8 Å². The number of methoxy groups -OCH3 is 1. The van der Waals surface area contributed by atoms with Gasteiger partial charge in [-0.3, -0.25) is 4.79 Å². The SMILES string of the molecule is COc1cccc(C(=O)CSc2cc(=[N+]3CCOCC3)ss2)c1.[Cl-]. The van der Waals surface area contributed by atoms with E-state index in [9.17, 15) is 4.79 Å². The van der Waals surface area contributed by atoms with Crippen molar-refractivity contribution in [3.8, 4) is 5.75 Å². The van der Waals surface area contributed by atoms with E-state index in [1.54, 1.807) is 45.6 Å². The lowest BCUT2D eigenvalue weighted by atomic mass is 10.1. The van der Waals surface area contributed by atoms with E-state index in [0.717, 1.165) is 26.3 Å². The first-order valence-corrected chi connectivity index (χ1v) is 10.5. The summed E-state index contributed by atoms with van der Waals surface area (Å²) >= 11 is 1.60. The number of thioether (sulfide) groups is 1. The highest BCUT2D eigenvalue weighted by Gasteiger charge is 2.14. The first-order chi connectivity index (χ1) is 11.3. The summed E-state index contributed by atoms with van der Waals surface area (Å²) in [5, 5.41) is 0. The molecule has 4 nitrogen and oxygen atoms in total. The van der Waals surface area contributed by atoms with Crippen LogP contribution in [-0.2, 0) is 4.74 Å². The lowest BCUT2D eigenvalue weighted by Crippen LogP contribution is -3.00. The number of halogens is 1. The van der Waals surface area contributed by atoms with Crippen molar-refractivity contribution in [1.29, 1.82) is 0 Å². The quantitative estimate of drug-likeness (QED) is 0.295. The Morgan fingerprint density at radius 1 is 1.29 bits per heavy atom. The van der Waals surface area contributed by atoms with Crippen molar-refractivity contribution in [3.63, 3.8) is 0 Å². The van der Waals surface area contributed by atoms with Crippen LogP contribution >= 0.6 is 32.4 Å². The number of hydrogen-bond donors (Lipinski definition) is 0. The predicted octanol–water partition coefficient (Wildman–Crippen LogP) is -0.400. The van der Waals surface area contributed by atoms with Gasteiger partial charge < -0.3 is 21.9 Å². The van der Waals surface area contributed by atoms with E-state index >= 15 is 0 Å². The number of hydrogen-bond acceptors (Lipinski definition) is 6. The van der Waals surface area contributed by atoms with E-state index in [1.807, 2.05) is 18.2 Å². The van der Waals surface area contributed by atoms with Gasteiger partial charge in [0, 0.05) is 11.6 Å². The molecule has 0 aliphatic carbocycles. The number of nitrogens with zero attached hydrogens (tertiary/aromatic N) is 1. The van der Waals surface area contributed by atoms with Crippen LogP contribution in [0.2, 0.25) is 0 Å². The molecule has 24 heavy (non-hydrogen) atoms. The molecule has 0 saturated carbocycles. The Hall–Kier alpha value is -0.860. The molecule has 1 saturated heterocycles. The maximum Gasteiger partial charge on any atom is 0.268 e. The molecule has 0 spiro atoms. The number of ether oxygens (including phenoxy) is 2. The molecule has 1 fully saturated rings. The number of carbonyl (C=O) groups excluding carboxylic acids is 1. The third kappa shape index (κ3) is 5.07. The average molecular weight is 404 g/mol. The van der Waals surface area contributed by atoms with Crippen molar-refractivity contribution in [1.82, 2.24) is 4.58 Å². The Morgan fingerprint density at radius 2 is 2.08 bits per heavy atom. The molecule has 2 heterocycles. The third-order valence-corrected chi connectivity index (χ3v) is 7.45. The number of benzene rings is 1. The minimum atomic E-state index is 0. The summed E-state index contributed by atoms with van der Waals surface area (Å²) < 4.78 is 15.4. The van der Waals surface area contributed by atoms with Crippen molar-refractivity contribution in [2.75, 3.05) is 39.2 Å². The summed E-state index contributed by atoms with van der Waals surface area (Å²) in [4.78, 5) is 12.3. The first-order valence-electron chi connectivity index (χ1n) is 7.32. The fraction of sp³-hybridized carbons (Fsp3) is 0.375. The van der Waals surface area contributed by atoms with Crippen LogP contribution in [0.25, 0.3) is 0 Å². The Kier molecular flexibility index (Phi) is 7.77. The zero-order valence-corrected chi connectivity index (χ0v) is 16.4. The van der Waals surface area contributed by atoms with Gasteiger partial charge in [-0.1, -0.05) is 22.5 Å². The fourth-order valence-electron chi connectivity index (χ4n) is 2.24. The lowest BCUT2D eigenvalue weighted by molar-refractivity contribution is -0.0000133. The second kappa shape index (κ2) is 9.58. The van der Waals surface area contributed by atoms with Gasteiger partial charge in [0.25, 0.3) is 4.67 Å². The molecule has 8 heteroatoms. The molecule has 1 aliphatic heterocycles. The molecule has 1 aliphatic rings. The van der Waals surface area contributed by atoms with E-state index in [4.69, 9.17) is 9.47 Å². The summed E-state index contributed by atoms with van der Waals surface area (Å²) in [7, 11) is 5.11. The smallest absolute Gasteiger partial charge is 0.268 e. The molecule has 130 valence electrons. The van der Waals surface area contributed by atoms with Gasteiger partial charge in [0.1, 0.15) is 19.0 Å². The van der Waals surface area contributed by atoms with Crippen LogP contribution in [-0.4, -0.2) is 44.9 Å². The van der Waals surface area contributed by atoms with Crippen molar-refractivity contribution < 1.29 is 26.7 Å². The van der Waals surface area contributed by atoms with Crippen molar-refractivity contribution in [2.45, 2.75) is 4.21 Å². The van der Waals surface area contributed by atoms with Crippen molar-refractivity contribution in [2.24, 2.45) is 0 Å². The molecule has 0 radical (unpaired) electrons. The Balaban J connectivity index is 0.00000208. The molecule has 0 bridgehead atoms. The highest BCUT2D eigenvalue weighted by molar-refractivity contribution is 8.03. The van der Waals surface area contributed by atoms with Gasteiger partial charge in [-0.05, 0) is 22.5 Å². The second-order valence-corrected chi connectivity index (χ2v) is 8.48. The first kappa shape index (κ1) is 19.5.